The maximum absolute atomic E-state index is 13.6. The van der Waals surface area contributed by atoms with Gasteiger partial charge in [-0.2, -0.15) is 0 Å². The van der Waals surface area contributed by atoms with E-state index in [9.17, 15) is 9.59 Å². The molecule has 1 aliphatic rings. The summed E-state index contributed by atoms with van der Waals surface area (Å²) in [6.45, 7) is 5.20. The molecule has 0 unspecified atom stereocenters. The molecule has 3 aromatic rings. The van der Waals surface area contributed by atoms with Gasteiger partial charge in [0.1, 0.15) is 11.5 Å². The van der Waals surface area contributed by atoms with E-state index in [-0.39, 0.29) is 17.8 Å². The molecule has 2 aromatic carbocycles. The number of amides is 1. The van der Waals surface area contributed by atoms with Gasteiger partial charge in [-0.05, 0) is 38.3 Å². The van der Waals surface area contributed by atoms with Crippen LogP contribution in [0.3, 0.4) is 0 Å². The summed E-state index contributed by atoms with van der Waals surface area (Å²) in [5, 5.41) is 0. The molecular formula is C28H32N2O5. The third-order valence-corrected chi connectivity index (χ3v) is 6.54. The fourth-order valence-corrected chi connectivity index (χ4v) is 4.65. The zero-order valence-electron chi connectivity index (χ0n) is 20.7. The topological polar surface area (TPSA) is 70.0 Å². The number of esters is 1. The zero-order chi connectivity index (χ0) is 24.9. The van der Waals surface area contributed by atoms with Gasteiger partial charge in [0, 0.05) is 37.0 Å². The highest BCUT2D eigenvalue weighted by molar-refractivity contribution is 5.97. The second-order valence-corrected chi connectivity index (χ2v) is 8.62. The number of likely N-dealkylation sites (tertiary alicyclic amines) is 1. The minimum Gasteiger partial charge on any atom is -0.497 e. The summed E-state index contributed by atoms with van der Waals surface area (Å²) in [7, 11) is 3.24. The number of rotatable bonds is 7. The molecule has 0 radical (unpaired) electrons. The molecule has 0 aliphatic carbocycles. The number of benzene rings is 2. The van der Waals surface area contributed by atoms with Crippen LogP contribution in [0.4, 0.5) is 0 Å². The van der Waals surface area contributed by atoms with Crippen molar-refractivity contribution in [3.8, 4) is 28.4 Å². The predicted octanol–water partition coefficient (Wildman–Crippen LogP) is 4.89. The molecule has 0 atom stereocenters. The van der Waals surface area contributed by atoms with E-state index in [0.717, 1.165) is 22.6 Å². The summed E-state index contributed by atoms with van der Waals surface area (Å²) in [4.78, 5) is 27.6. The van der Waals surface area contributed by atoms with E-state index in [1.54, 1.807) is 14.2 Å². The average molecular weight is 477 g/mol. The van der Waals surface area contributed by atoms with E-state index in [2.05, 4.69) is 4.57 Å². The Kier molecular flexibility index (Phi) is 7.44. The van der Waals surface area contributed by atoms with Crippen LogP contribution in [-0.4, -0.2) is 55.3 Å². The van der Waals surface area contributed by atoms with Crippen molar-refractivity contribution >= 4 is 11.9 Å². The SMILES string of the molecule is CCOC(=O)C1CCN(C(=O)c2cc(-c3ccccc3)n(-c3cc(OC)cc(OC)c3)c2C)CC1. The Labute approximate surface area is 206 Å². The average Bonchev–Trinajstić information content (AvgIpc) is 3.25. The molecule has 7 heteroatoms. The molecule has 1 aliphatic heterocycles. The third-order valence-electron chi connectivity index (χ3n) is 6.54. The molecule has 0 saturated carbocycles. The van der Waals surface area contributed by atoms with Crippen molar-refractivity contribution in [2.24, 2.45) is 5.92 Å². The number of carbonyl (C=O) groups is 2. The number of ether oxygens (including phenoxy) is 3. The Morgan fingerprint density at radius 1 is 0.943 bits per heavy atom. The number of aromatic nitrogens is 1. The number of carbonyl (C=O) groups excluding carboxylic acids is 2. The molecule has 7 nitrogen and oxygen atoms in total. The Hall–Kier alpha value is -3.74. The van der Waals surface area contributed by atoms with Gasteiger partial charge in [-0.1, -0.05) is 30.3 Å². The van der Waals surface area contributed by atoms with E-state index in [1.807, 2.05) is 73.3 Å². The Morgan fingerprint density at radius 2 is 1.57 bits per heavy atom. The maximum Gasteiger partial charge on any atom is 0.309 e. The maximum atomic E-state index is 13.6. The summed E-state index contributed by atoms with van der Waals surface area (Å²) in [5.74, 6) is 0.991. The largest absolute Gasteiger partial charge is 0.497 e. The molecule has 184 valence electrons. The van der Waals surface area contributed by atoms with Crippen LogP contribution < -0.4 is 9.47 Å². The minimum atomic E-state index is -0.166. The molecule has 35 heavy (non-hydrogen) atoms. The van der Waals surface area contributed by atoms with Crippen LogP contribution in [0, 0.1) is 12.8 Å². The van der Waals surface area contributed by atoms with Crippen LogP contribution in [0.5, 0.6) is 11.5 Å². The highest BCUT2D eigenvalue weighted by Crippen LogP contribution is 2.34. The fourth-order valence-electron chi connectivity index (χ4n) is 4.65. The first-order valence-corrected chi connectivity index (χ1v) is 11.9. The normalized spacial score (nSPS) is 14.0. The first-order chi connectivity index (χ1) is 17.0. The quantitative estimate of drug-likeness (QED) is 0.455. The number of nitrogens with zero attached hydrogens (tertiary/aromatic N) is 2. The highest BCUT2D eigenvalue weighted by Gasteiger charge is 2.30. The third kappa shape index (κ3) is 5.04. The van der Waals surface area contributed by atoms with Gasteiger partial charge in [-0.15, -0.1) is 0 Å². The summed E-state index contributed by atoms with van der Waals surface area (Å²) in [6, 6.07) is 17.6. The van der Waals surface area contributed by atoms with Crippen molar-refractivity contribution in [2.45, 2.75) is 26.7 Å². The lowest BCUT2D eigenvalue weighted by molar-refractivity contribution is -0.149. The summed E-state index contributed by atoms with van der Waals surface area (Å²) in [5.41, 5.74) is 4.22. The fraction of sp³-hybridized carbons (Fsp3) is 0.357. The predicted molar refractivity (Wildman–Crippen MR) is 134 cm³/mol. The first kappa shape index (κ1) is 24.4. The van der Waals surface area contributed by atoms with Crippen LogP contribution in [0.15, 0.2) is 54.6 Å². The van der Waals surface area contributed by atoms with Crippen LogP contribution in [0.25, 0.3) is 16.9 Å². The molecule has 0 spiro atoms. The van der Waals surface area contributed by atoms with Crippen LogP contribution >= 0.6 is 0 Å². The Bertz CT molecular complexity index is 1170. The molecule has 1 fully saturated rings. The number of methoxy groups -OCH3 is 2. The van der Waals surface area contributed by atoms with E-state index < -0.39 is 0 Å². The van der Waals surface area contributed by atoms with Crippen molar-refractivity contribution < 1.29 is 23.8 Å². The van der Waals surface area contributed by atoms with E-state index in [1.165, 1.54) is 0 Å². The van der Waals surface area contributed by atoms with Crippen molar-refractivity contribution in [2.75, 3.05) is 33.9 Å². The summed E-state index contributed by atoms with van der Waals surface area (Å²) < 4.78 is 18.2. The smallest absolute Gasteiger partial charge is 0.309 e. The number of hydrogen-bond donors (Lipinski definition) is 0. The molecule has 0 N–H and O–H groups in total. The second-order valence-electron chi connectivity index (χ2n) is 8.62. The van der Waals surface area contributed by atoms with Gasteiger partial charge < -0.3 is 23.7 Å². The lowest BCUT2D eigenvalue weighted by Crippen LogP contribution is -2.40. The lowest BCUT2D eigenvalue weighted by atomic mass is 9.96. The van der Waals surface area contributed by atoms with Gasteiger partial charge >= 0.3 is 5.97 Å². The first-order valence-electron chi connectivity index (χ1n) is 11.9. The lowest BCUT2D eigenvalue weighted by Gasteiger charge is -2.31. The Balaban J connectivity index is 1.72. The standard InChI is InChI=1S/C28H32N2O5/c1-5-35-28(32)21-11-13-29(14-12-21)27(31)25-18-26(20-9-7-6-8-10-20)30(19(25)2)22-15-23(33-3)17-24(16-22)34-4/h6-10,15-18,21H,5,11-14H2,1-4H3. The van der Waals surface area contributed by atoms with Crippen molar-refractivity contribution in [1.82, 2.24) is 9.47 Å². The second kappa shape index (κ2) is 10.7. The minimum absolute atomic E-state index is 0.0319. The molecule has 4 rings (SSSR count). The van der Waals surface area contributed by atoms with Gasteiger partial charge in [0.25, 0.3) is 5.91 Å². The van der Waals surface area contributed by atoms with Crippen LogP contribution in [0.1, 0.15) is 35.8 Å². The van der Waals surface area contributed by atoms with Gasteiger partial charge in [-0.3, -0.25) is 9.59 Å². The summed E-state index contributed by atoms with van der Waals surface area (Å²) in [6.07, 6.45) is 1.23. The number of hydrogen-bond acceptors (Lipinski definition) is 5. The van der Waals surface area contributed by atoms with E-state index >= 15 is 0 Å². The van der Waals surface area contributed by atoms with Gasteiger partial charge in [0.15, 0.2) is 0 Å². The molecular weight excluding hydrogens is 444 g/mol. The van der Waals surface area contributed by atoms with Gasteiger partial charge in [0.05, 0.1) is 43.7 Å². The number of piperidine rings is 1. The molecule has 1 saturated heterocycles. The van der Waals surface area contributed by atoms with Gasteiger partial charge in [-0.25, -0.2) is 0 Å². The van der Waals surface area contributed by atoms with E-state index in [0.29, 0.717) is 49.6 Å². The monoisotopic (exact) mass is 476 g/mol. The highest BCUT2D eigenvalue weighted by atomic mass is 16.5. The zero-order valence-corrected chi connectivity index (χ0v) is 20.7. The molecule has 1 aromatic heterocycles. The van der Waals surface area contributed by atoms with Crippen molar-refractivity contribution in [1.29, 1.82) is 0 Å². The van der Waals surface area contributed by atoms with Crippen molar-refractivity contribution in [3.05, 3.63) is 65.9 Å². The summed E-state index contributed by atoms with van der Waals surface area (Å²) >= 11 is 0. The Morgan fingerprint density at radius 3 is 2.14 bits per heavy atom. The van der Waals surface area contributed by atoms with Crippen LogP contribution in [-0.2, 0) is 9.53 Å². The van der Waals surface area contributed by atoms with Gasteiger partial charge in [0.2, 0.25) is 0 Å². The molecule has 1 amide bonds. The molecule has 2 heterocycles. The van der Waals surface area contributed by atoms with E-state index in [4.69, 9.17) is 14.2 Å². The van der Waals surface area contributed by atoms with Crippen molar-refractivity contribution in [3.63, 3.8) is 0 Å². The van der Waals surface area contributed by atoms with Crippen LogP contribution in [0.2, 0.25) is 0 Å². The molecule has 0 bridgehead atoms.